The molecular formula is C17H15BrO2S. The molecule has 1 atom stereocenters. The van der Waals surface area contributed by atoms with Gasteiger partial charge >= 0.3 is 0 Å². The number of carbonyl (C=O) groups excluding carboxylic acids is 1. The minimum atomic E-state index is 0.0208. The van der Waals surface area contributed by atoms with Gasteiger partial charge in [-0.15, -0.1) is 11.8 Å². The molecule has 4 heteroatoms. The molecule has 0 saturated heterocycles. The first-order valence-electron chi connectivity index (χ1n) is 6.80. The molecule has 0 N–H and O–H groups in total. The van der Waals surface area contributed by atoms with E-state index in [1.807, 2.05) is 30.0 Å². The maximum Gasteiger partial charge on any atom is 0.163 e. The average molecular weight is 363 g/mol. The van der Waals surface area contributed by atoms with Crippen LogP contribution in [0.15, 0.2) is 51.8 Å². The zero-order valence-electron chi connectivity index (χ0n) is 11.6. The molecule has 0 spiro atoms. The summed E-state index contributed by atoms with van der Waals surface area (Å²) in [6.07, 6.45) is 0. The lowest BCUT2D eigenvalue weighted by Crippen LogP contribution is -2.11. The monoisotopic (exact) mass is 362 g/mol. The van der Waals surface area contributed by atoms with E-state index < -0.39 is 0 Å². The highest BCUT2D eigenvalue weighted by Gasteiger charge is 2.23. The number of halogens is 1. The number of thioether (sulfide) groups is 1. The molecule has 3 rings (SSSR count). The summed E-state index contributed by atoms with van der Waals surface area (Å²) in [5.41, 5.74) is 1.98. The van der Waals surface area contributed by atoms with E-state index in [0.29, 0.717) is 23.8 Å². The van der Waals surface area contributed by atoms with Crippen molar-refractivity contribution in [3.63, 3.8) is 0 Å². The van der Waals surface area contributed by atoms with Crippen LogP contribution in [0.4, 0.5) is 0 Å². The van der Waals surface area contributed by atoms with Gasteiger partial charge in [-0.25, -0.2) is 0 Å². The van der Waals surface area contributed by atoms with Crippen molar-refractivity contribution in [2.45, 2.75) is 17.7 Å². The van der Waals surface area contributed by atoms with Crippen molar-refractivity contribution in [1.29, 1.82) is 0 Å². The number of fused-ring (bicyclic) bond motifs is 1. The summed E-state index contributed by atoms with van der Waals surface area (Å²) in [5, 5.41) is 0. The molecule has 0 bridgehead atoms. The standard InChI is InChI=1S/C17H15BrO2S/c1-11(19)15-8-13(18)6-7-16(15)20-9-12-10-21-17-5-3-2-4-14(12)17/h2-8,12H,9-10H2,1H3. The summed E-state index contributed by atoms with van der Waals surface area (Å²) in [5.74, 6) is 2.10. The van der Waals surface area contributed by atoms with Crippen LogP contribution < -0.4 is 4.74 Å². The third-order valence-electron chi connectivity index (χ3n) is 3.56. The van der Waals surface area contributed by atoms with Gasteiger partial charge in [0.05, 0.1) is 12.2 Å². The fourth-order valence-electron chi connectivity index (χ4n) is 2.46. The molecule has 1 aliphatic heterocycles. The summed E-state index contributed by atoms with van der Waals surface area (Å²) in [6, 6.07) is 14.0. The predicted molar refractivity (Wildman–Crippen MR) is 89.5 cm³/mol. The van der Waals surface area contributed by atoms with E-state index in [2.05, 4.69) is 40.2 Å². The molecule has 0 saturated carbocycles. The maximum atomic E-state index is 11.7. The van der Waals surface area contributed by atoms with Crippen LogP contribution in [0.1, 0.15) is 28.8 Å². The van der Waals surface area contributed by atoms with E-state index in [1.165, 1.54) is 10.5 Å². The van der Waals surface area contributed by atoms with Gasteiger partial charge in [0.2, 0.25) is 0 Å². The minimum Gasteiger partial charge on any atom is -0.492 e. The summed E-state index contributed by atoms with van der Waals surface area (Å²) >= 11 is 5.26. The number of Topliss-reactive ketones (excluding diaryl/α,β-unsaturated/α-hetero) is 1. The van der Waals surface area contributed by atoms with Gasteiger partial charge in [0.1, 0.15) is 5.75 Å². The van der Waals surface area contributed by atoms with E-state index in [0.717, 1.165) is 10.2 Å². The second kappa shape index (κ2) is 6.24. The fraction of sp³-hybridized carbons (Fsp3) is 0.235. The largest absolute Gasteiger partial charge is 0.492 e. The lowest BCUT2D eigenvalue weighted by molar-refractivity contribution is 0.101. The molecule has 1 unspecified atom stereocenters. The Morgan fingerprint density at radius 2 is 2.14 bits per heavy atom. The molecule has 2 nitrogen and oxygen atoms in total. The Balaban J connectivity index is 1.76. The van der Waals surface area contributed by atoms with Crippen molar-refractivity contribution in [2.75, 3.05) is 12.4 Å². The molecule has 0 fully saturated rings. The van der Waals surface area contributed by atoms with Crippen molar-refractivity contribution < 1.29 is 9.53 Å². The number of ketones is 1. The number of hydrogen-bond donors (Lipinski definition) is 0. The Morgan fingerprint density at radius 3 is 2.95 bits per heavy atom. The van der Waals surface area contributed by atoms with Crippen LogP contribution >= 0.6 is 27.7 Å². The van der Waals surface area contributed by atoms with Crippen molar-refractivity contribution in [3.8, 4) is 5.75 Å². The fourth-order valence-corrected chi connectivity index (χ4v) is 4.05. The third kappa shape index (κ3) is 3.16. The lowest BCUT2D eigenvalue weighted by Gasteiger charge is -2.14. The highest BCUT2D eigenvalue weighted by molar-refractivity contribution is 9.10. The van der Waals surface area contributed by atoms with Crippen LogP contribution in [0.25, 0.3) is 0 Å². The Labute approximate surface area is 137 Å². The SMILES string of the molecule is CC(=O)c1cc(Br)ccc1OCC1CSc2ccccc21. The predicted octanol–water partition coefficient (Wildman–Crippen LogP) is 4.92. The molecule has 0 radical (unpaired) electrons. The van der Waals surface area contributed by atoms with Gasteiger partial charge in [-0.2, -0.15) is 0 Å². The molecule has 0 aromatic heterocycles. The Morgan fingerprint density at radius 1 is 1.33 bits per heavy atom. The molecule has 0 amide bonds. The van der Waals surface area contributed by atoms with Crippen molar-refractivity contribution in [2.24, 2.45) is 0 Å². The zero-order chi connectivity index (χ0) is 14.8. The lowest BCUT2D eigenvalue weighted by atomic mass is 10.0. The molecule has 2 aromatic carbocycles. The van der Waals surface area contributed by atoms with Crippen LogP contribution in [0.5, 0.6) is 5.75 Å². The number of ether oxygens (including phenoxy) is 1. The second-order valence-corrected chi connectivity index (χ2v) is 7.03. The summed E-state index contributed by atoms with van der Waals surface area (Å²) in [6.45, 7) is 2.17. The first-order valence-corrected chi connectivity index (χ1v) is 8.58. The van der Waals surface area contributed by atoms with Crippen LogP contribution in [0.3, 0.4) is 0 Å². The van der Waals surface area contributed by atoms with Crippen LogP contribution in [-0.4, -0.2) is 18.1 Å². The number of benzene rings is 2. The van der Waals surface area contributed by atoms with Gasteiger partial charge in [-0.05, 0) is 36.8 Å². The van der Waals surface area contributed by atoms with E-state index >= 15 is 0 Å². The van der Waals surface area contributed by atoms with Gasteiger partial charge < -0.3 is 4.74 Å². The highest BCUT2D eigenvalue weighted by Crippen LogP contribution is 2.39. The molecule has 1 heterocycles. The Kier molecular flexibility index (Phi) is 4.36. The first-order chi connectivity index (χ1) is 10.1. The topological polar surface area (TPSA) is 26.3 Å². The molecule has 21 heavy (non-hydrogen) atoms. The van der Waals surface area contributed by atoms with Gasteiger partial charge in [0.25, 0.3) is 0 Å². The minimum absolute atomic E-state index is 0.0208. The molecule has 0 aliphatic carbocycles. The summed E-state index contributed by atoms with van der Waals surface area (Å²) < 4.78 is 6.83. The van der Waals surface area contributed by atoms with E-state index in [1.54, 1.807) is 6.92 Å². The number of hydrogen-bond acceptors (Lipinski definition) is 3. The third-order valence-corrected chi connectivity index (χ3v) is 5.30. The van der Waals surface area contributed by atoms with Gasteiger partial charge in [0, 0.05) is 21.0 Å². The van der Waals surface area contributed by atoms with Crippen molar-refractivity contribution >= 4 is 33.5 Å². The van der Waals surface area contributed by atoms with Crippen molar-refractivity contribution in [3.05, 3.63) is 58.1 Å². The molecule has 2 aromatic rings. The molecule has 1 aliphatic rings. The summed E-state index contributed by atoms with van der Waals surface area (Å²) in [7, 11) is 0. The molecule has 108 valence electrons. The van der Waals surface area contributed by atoms with E-state index in [9.17, 15) is 4.79 Å². The smallest absolute Gasteiger partial charge is 0.163 e. The van der Waals surface area contributed by atoms with Gasteiger partial charge in [0.15, 0.2) is 5.78 Å². The number of rotatable bonds is 4. The Bertz CT molecular complexity index is 684. The van der Waals surface area contributed by atoms with E-state index in [4.69, 9.17) is 4.74 Å². The number of carbonyl (C=O) groups is 1. The maximum absolute atomic E-state index is 11.7. The van der Waals surface area contributed by atoms with Crippen LogP contribution in [0.2, 0.25) is 0 Å². The van der Waals surface area contributed by atoms with Crippen LogP contribution in [-0.2, 0) is 0 Å². The van der Waals surface area contributed by atoms with Crippen LogP contribution in [0, 0.1) is 0 Å². The first kappa shape index (κ1) is 14.7. The highest BCUT2D eigenvalue weighted by atomic mass is 79.9. The zero-order valence-corrected chi connectivity index (χ0v) is 14.0. The van der Waals surface area contributed by atoms with E-state index in [-0.39, 0.29) is 5.78 Å². The Hall–Kier alpha value is -1.26. The molecular weight excluding hydrogens is 348 g/mol. The van der Waals surface area contributed by atoms with Gasteiger partial charge in [-0.1, -0.05) is 34.1 Å². The normalized spacial score (nSPS) is 16.6. The quantitative estimate of drug-likeness (QED) is 0.722. The summed E-state index contributed by atoms with van der Waals surface area (Å²) in [4.78, 5) is 13.0. The second-order valence-electron chi connectivity index (χ2n) is 5.05. The van der Waals surface area contributed by atoms with Crippen molar-refractivity contribution in [1.82, 2.24) is 0 Å². The van der Waals surface area contributed by atoms with Gasteiger partial charge in [-0.3, -0.25) is 4.79 Å². The average Bonchev–Trinajstić information content (AvgIpc) is 2.89.